The van der Waals surface area contributed by atoms with E-state index in [-0.39, 0.29) is 11.6 Å². The summed E-state index contributed by atoms with van der Waals surface area (Å²) in [6.07, 6.45) is 0. The molecular weight excluding hydrogens is 231 g/mol. The minimum absolute atomic E-state index is 0.212. The van der Waals surface area contributed by atoms with Crippen LogP contribution in [0, 0.1) is 19.7 Å². The number of esters is 1. The van der Waals surface area contributed by atoms with Gasteiger partial charge < -0.3 is 4.74 Å². The quantitative estimate of drug-likeness (QED) is 0.595. The minimum atomic E-state index is -0.488. The molecule has 0 aliphatic heterocycles. The van der Waals surface area contributed by atoms with Crippen LogP contribution in [0.2, 0.25) is 0 Å². The van der Waals surface area contributed by atoms with Crippen molar-refractivity contribution in [2.45, 2.75) is 13.8 Å². The van der Waals surface area contributed by atoms with Crippen LogP contribution in [0.1, 0.15) is 21.5 Å². The van der Waals surface area contributed by atoms with Crippen molar-refractivity contribution in [2.75, 3.05) is 0 Å². The van der Waals surface area contributed by atoms with Gasteiger partial charge in [0.15, 0.2) is 0 Å². The molecule has 3 heteroatoms. The summed E-state index contributed by atoms with van der Waals surface area (Å²) in [5.74, 6) is -0.661. The fraction of sp³-hybridized carbons (Fsp3) is 0.133. The second-order valence-corrected chi connectivity index (χ2v) is 4.17. The highest BCUT2D eigenvalue weighted by atomic mass is 19.1. The van der Waals surface area contributed by atoms with Gasteiger partial charge in [-0.2, -0.15) is 0 Å². The highest BCUT2D eigenvalue weighted by Gasteiger charge is 2.09. The standard InChI is InChI=1S/C15H13FO2/c1-10-3-6-12(7-4-10)15(17)18-13-8-5-11(2)14(16)9-13/h3-9H,1-2H3. The summed E-state index contributed by atoms with van der Waals surface area (Å²) in [5.41, 5.74) is 2.03. The average Bonchev–Trinajstić information content (AvgIpc) is 2.34. The molecule has 0 radical (unpaired) electrons. The summed E-state index contributed by atoms with van der Waals surface area (Å²) in [6, 6.07) is 11.4. The molecule has 0 aromatic heterocycles. The van der Waals surface area contributed by atoms with E-state index in [4.69, 9.17) is 4.74 Å². The topological polar surface area (TPSA) is 26.3 Å². The van der Waals surface area contributed by atoms with Crippen LogP contribution in [0.25, 0.3) is 0 Å². The summed E-state index contributed by atoms with van der Waals surface area (Å²) in [6.45, 7) is 3.59. The largest absolute Gasteiger partial charge is 0.423 e. The van der Waals surface area contributed by atoms with Crippen LogP contribution in [-0.4, -0.2) is 5.97 Å². The van der Waals surface area contributed by atoms with Gasteiger partial charge in [-0.05, 0) is 37.6 Å². The van der Waals surface area contributed by atoms with Crippen LogP contribution < -0.4 is 4.74 Å². The third kappa shape index (κ3) is 2.74. The van der Waals surface area contributed by atoms with E-state index in [2.05, 4.69) is 0 Å². The van der Waals surface area contributed by atoms with E-state index >= 15 is 0 Å². The summed E-state index contributed by atoms with van der Waals surface area (Å²) in [5, 5.41) is 0. The first-order chi connectivity index (χ1) is 8.56. The molecule has 0 atom stereocenters. The van der Waals surface area contributed by atoms with Gasteiger partial charge >= 0.3 is 5.97 Å². The van der Waals surface area contributed by atoms with E-state index in [1.807, 2.05) is 19.1 Å². The zero-order valence-electron chi connectivity index (χ0n) is 10.2. The van der Waals surface area contributed by atoms with Crippen molar-refractivity contribution in [3.63, 3.8) is 0 Å². The van der Waals surface area contributed by atoms with Gasteiger partial charge in [0.1, 0.15) is 11.6 Å². The van der Waals surface area contributed by atoms with E-state index < -0.39 is 5.97 Å². The molecule has 2 nitrogen and oxygen atoms in total. The van der Waals surface area contributed by atoms with Crippen molar-refractivity contribution in [1.29, 1.82) is 0 Å². The molecule has 92 valence electrons. The van der Waals surface area contributed by atoms with Crippen molar-refractivity contribution in [2.24, 2.45) is 0 Å². The van der Waals surface area contributed by atoms with Crippen LogP contribution in [0.5, 0.6) is 5.75 Å². The van der Waals surface area contributed by atoms with Crippen molar-refractivity contribution in [3.8, 4) is 5.75 Å². The molecule has 0 saturated heterocycles. The molecule has 2 aromatic carbocycles. The van der Waals surface area contributed by atoms with Gasteiger partial charge in [-0.1, -0.05) is 23.8 Å². The Labute approximate surface area is 105 Å². The number of carbonyl (C=O) groups excluding carboxylic acids is 1. The molecule has 2 aromatic rings. The lowest BCUT2D eigenvalue weighted by Crippen LogP contribution is -2.08. The summed E-state index contributed by atoms with van der Waals surface area (Å²) in [4.78, 5) is 11.8. The highest BCUT2D eigenvalue weighted by Crippen LogP contribution is 2.17. The maximum absolute atomic E-state index is 13.3. The van der Waals surface area contributed by atoms with Gasteiger partial charge in [0.25, 0.3) is 0 Å². The Hall–Kier alpha value is -2.16. The summed E-state index contributed by atoms with van der Waals surface area (Å²) >= 11 is 0. The number of benzene rings is 2. The average molecular weight is 244 g/mol. The van der Waals surface area contributed by atoms with E-state index in [0.29, 0.717) is 11.1 Å². The summed E-state index contributed by atoms with van der Waals surface area (Å²) < 4.78 is 18.4. The number of ether oxygens (including phenoxy) is 1. The Kier molecular flexibility index (Phi) is 3.42. The molecule has 0 aliphatic rings. The van der Waals surface area contributed by atoms with Crippen LogP contribution >= 0.6 is 0 Å². The predicted molar refractivity (Wildman–Crippen MR) is 67.3 cm³/mol. The molecule has 0 N–H and O–H groups in total. The Bertz CT molecular complexity index is 574. The fourth-order valence-electron chi connectivity index (χ4n) is 1.49. The van der Waals surface area contributed by atoms with Crippen molar-refractivity contribution >= 4 is 5.97 Å². The van der Waals surface area contributed by atoms with E-state index in [1.54, 1.807) is 31.2 Å². The molecule has 0 unspecified atom stereocenters. The molecule has 18 heavy (non-hydrogen) atoms. The normalized spacial score (nSPS) is 10.2. The Morgan fingerprint density at radius 3 is 2.33 bits per heavy atom. The number of carbonyl (C=O) groups is 1. The zero-order chi connectivity index (χ0) is 13.1. The van der Waals surface area contributed by atoms with Gasteiger partial charge in [-0.15, -0.1) is 0 Å². The first-order valence-electron chi connectivity index (χ1n) is 5.61. The number of halogens is 1. The Balaban J connectivity index is 2.16. The van der Waals surface area contributed by atoms with Crippen LogP contribution in [0.4, 0.5) is 4.39 Å². The lowest BCUT2D eigenvalue weighted by Gasteiger charge is -2.05. The molecule has 0 heterocycles. The van der Waals surface area contributed by atoms with E-state index in [9.17, 15) is 9.18 Å². The molecule has 0 spiro atoms. The maximum Gasteiger partial charge on any atom is 0.343 e. The van der Waals surface area contributed by atoms with Crippen LogP contribution in [-0.2, 0) is 0 Å². The Morgan fingerprint density at radius 2 is 1.72 bits per heavy atom. The number of hydrogen-bond acceptors (Lipinski definition) is 2. The molecular formula is C15H13FO2. The first-order valence-corrected chi connectivity index (χ1v) is 5.61. The second-order valence-electron chi connectivity index (χ2n) is 4.17. The second kappa shape index (κ2) is 5.00. The third-order valence-electron chi connectivity index (χ3n) is 2.64. The lowest BCUT2D eigenvalue weighted by atomic mass is 10.1. The SMILES string of the molecule is Cc1ccc(C(=O)Oc2ccc(C)c(F)c2)cc1. The van der Waals surface area contributed by atoms with Gasteiger partial charge in [-0.25, -0.2) is 9.18 Å². The highest BCUT2D eigenvalue weighted by molar-refractivity contribution is 5.91. The van der Waals surface area contributed by atoms with E-state index in [1.165, 1.54) is 6.07 Å². The summed E-state index contributed by atoms with van der Waals surface area (Å²) in [7, 11) is 0. The van der Waals surface area contributed by atoms with Gasteiger partial charge in [0, 0.05) is 6.07 Å². The number of aryl methyl sites for hydroxylation is 2. The van der Waals surface area contributed by atoms with Crippen LogP contribution in [0.15, 0.2) is 42.5 Å². The maximum atomic E-state index is 13.3. The number of rotatable bonds is 2. The first kappa shape index (κ1) is 12.3. The number of hydrogen-bond donors (Lipinski definition) is 0. The molecule has 0 bridgehead atoms. The van der Waals surface area contributed by atoms with Crippen LogP contribution in [0.3, 0.4) is 0 Å². The zero-order valence-corrected chi connectivity index (χ0v) is 10.2. The van der Waals surface area contributed by atoms with Crippen molar-refractivity contribution in [1.82, 2.24) is 0 Å². The molecule has 0 saturated carbocycles. The van der Waals surface area contributed by atoms with Crippen molar-refractivity contribution < 1.29 is 13.9 Å². The molecule has 0 amide bonds. The lowest BCUT2D eigenvalue weighted by molar-refractivity contribution is 0.0734. The monoisotopic (exact) mass is 244 g/mol. The van der Waals surface area contributed by atoms with Gasteiger partial charge in [0.05, 0.1) is 5.56 Å². The molecule has 0 aliphatic carbocycles. The van der Waals surface area contributed by atoms with Gasteiger partial charge in [0.2, 0.25) is 0 Å². The predicted octanol–water partition coefficient (Wildman–Crippen LogP) is 3.66. The van der Waals surface area contributed by atoms with Gasteiger partial charge in [-0.3, -0.25) is 0 Å². The fourth-order valence-corrected chi connectivity index (χ4v) is 1.49. The molecule has 2 rings (SSSR count). The third-order valence-corrected chi connectivity index (χ3v) is 2.64. The van der Waals surface area contributed by atoms with Crippen molar-refractivity contribution in [3.05, 3.63) is 65.0 Å². The van der Waals surface area contributed by atoms with E-state index in [0.717, 1.165) is 5.56 Å². The Morgan fingerprint density at radius 1 is 1.06 bits per heavy atom. The smallest absolute Gasteiger partial charge is 0.343 e. The minimum Gasteiger partial charge on any atom is -0.423 e. The molecule has 0 fully saturated rings.